The van der Waals surface area contributed by atoms with E-state index in [9.17, 15) is 32.3 Å². The molecule has 0 saturated carbocycles. The number of nitrogens with zero attached hydrogens (tertiary/aromatic N) is 1. The Hall–Kier alpha value is -3.56. The normalized spacial score (nSPS) is 17.5. The monoisotopic (exact) mass is 539 g/mol. The summed E-state index contributed by atoms with van der Waals surface area (Å²) in [5.74, 6) is -3.32. The lowest BCUT2D eigenvalue weighted by atomic mass is 9.95. The topological polar surface area (TPSA) is 66.8 Å². The zero-order valence-electron chi connectivity index (χ0n) is 18.2. The van der Waals surface area contributed by atoms with Crippen molar-refractivity contribution < 1.29 is 37.0 Å². The number of Topliss-reactive ketones (excluding diaryl/α,β-unsaturated/α-hetero) is 1. The number of hydrogen-bond donors (Lipinski definition) is 1. The summed E-state index contributed by atoms with van der Waals surface area (Å²) in [5.41, 5.74) is -1.16. The molecule has 4 rings (SSSR count). The van der Waals surface area contributed by atoms with E-state index in [1.807, 2.05) is 0 Å². The Morgan fingerprint density at radius 3 is 2.03 bits per heavy atom. The van der Waals surface area contributed by atoms with Crippen molar-refractivity contribution in [3.8, 4) is 5.75 Å². The molecule has 1 amide bonds. The van der Waals surface area contributed by atoms with Gasteiger partial charge in [-0.15, -0.1) is 0 Å². The molecule has 0 aromatic heterocycles. The van der Waals surface area contributed by atoms with Crippen LogP contribution in [0.2, 0.25) is 10.0 Å². The van der Waals surface area contributed by atoms with Crippen molar-refractivity contribution in [3.05, 3.63) is 98.8 Å². The number of carbonyl (C=O) groups excluding carboxylic acids is 2. The summed E-state index contributed by atoms with van der Waals surface area (Å²) in [5, 5.41) is 11.2. The fraction of sp³-hybridized carbons (Fsp3) is 0.120. The first-order valence-corrected chi connectivity index (χ1v) is 11.0. The van der Waals surface area contributed by atoms with Crippen LogP contribution in [0.4, 0.5) is 23.2 Å². The van der Waals surface area contributed by atoms with Gasteiger partial charge in [-0.3, -0.25) is 14.5 Å². The van der Waals surface area contributed by atoms with Gasteiger partial charge < -0.3 is 9.84 Å². The van der Waals surface area contributed by atoms with Crippen molar-refractivity contribution in [1.82, 2.24) is 0 Å². The van der Waals surface area contributed by atoms with Gasteiger partial charge in [0.1, 0.15) is 11.6 Å². The number of aliphatic hydroxyl groups excluding tert-OH is 1. The highest BCUT2D eigenvalue weighted by Gasteiger charge is 2.47. The Kier molecular flexibility index (Phi) is 6.72. The van der Waals surface area contributed by atoms with Gasteiger partial charge >= 0.3 is 6.18 Å². The maximum atomic E-state index is 13.6. The Morgan fingerprint density at radius 2 is 1.53 bits per heavy atom. The quantitative estimate of drug-likeness (QED) is 0.171. The number of rotatable bonds is 4. The highest BCUT2D eigenvalue weighted by molar-refractivity contribution is 6.51. The number of ketones is 1. The lowest BCUT2D eigenvalue weighted by Crippen LogP contribution is -2.29. The second-order valence-electron chi connectivity index (χ2n) is 7.74. The summed E-state index contributed by atoms with van der Waals surface area (Å²) in [6, 6.07) is 9.61. The van der Waals surface area contributed by atoms with Gasteiger partial charge in [-0.2, -0.15) is 13.2 Å². The molecule has 1 aliphatic heterocycles. The van der Waals surface area contributed by atoms with Gasteiger partial charge in [0.2, 0.25) is 0 Å². The van der Waals surface area contributed by atoms with Gasteiger partial charge in [-0.25, -0.2) is 4.39 Å². The molecule has 3 aromatic rings. The average Bonchev–Trinajstić information content (AvgIpc) is 3.09. The second-order valence-corrected chi connectivity index (χ2v) is 8.55. The number of hydrogen-bond acceptors (Lipinski definition) is 4. The minimum atomic E-state index is -4.62. The van der Waals surface area contributed by atoms with E-state index in [0.717, 1.165) is 41.3 Å². The Balaban J connectivity index is 1.92. The average molecular weight is 540 g/mol. The van der Waals surface area contributed by atoms with Crippen molar-refractivity contribution in [1.29, 1.82) is 0 Å². The molecule has 186 valence electrons. The molecular weight excluding hydrogens is 525 g/mol. The molecule has 1 unspecified atom stereocenters. The standard InChI is InChI=1S/C25H15Cl2F4NO4/c1-36-23-17(26)10-13(11-18(23)27)21(33)19-20(12-2-6-15(28)7-3-12)32(24(35)22(19)34)16-8-4-14(5-9-16)25(29,30)31/h2-11,20,33H,1H3/b21-19+. The van der Waals surface area contributed by atoms with Crippen LogP contribution in [0, 0.1) is 5.82 Å². The predicted molar refractivity (Wildman–Crippen MR) is 126 cm³/mol. The number of benzene rings is 3. The summed E-state index contributed by atoms with van der Waals surface area (Å²) in [4.78, 5) is 27.1. The van der Waals surface area contributed by atoms with Gasteiger partial charge in [-0.05, 0) is 54.1 Å². The Morgan fingerprint density at radius 1 is 0.972 bits per heavy atom. The molecule has 5 nitrogen and oxygen atoms in total. The van der Waals surface area contributed by atoms with Crippen LogP contribution in [0.25, 0.3) is 5.76 Å². The van der Waals surface area contributed by atoms with E-state index in [-0.39, 0.29) is 38.2 Å². The van der Waals surface area contributed by atoms with Gasteiger partial charge in [0.25, 0.3) is 11.7 Å². The third-order valence-electron chi connectivity index (χ3n) is 5.58. The molecule has 3 aromatic carbocycles. The van der Waals surface area contributed by atoms with Crippen molar-refractivity contribution in [2.45, 2.75) is 12.2 Å². The predicted octanol–water partition coefficient (Wildman–Crippen LogP) is 6.79. The first kappa shape index (κ1) is 25.5. The summed E-state index contributed by atoms with van der Waals surface area (Å²) >= 11 is 12.3. The molecule has 1 N–H and O–H groups in total. The Labute approximate surface area is 212 Å². The first-order valence-electron chi connectivity index (χ1n) is 10.2. The number of anilines is 1. The van der Waals surface area contributed by atoms with Crippen LogP contribution < -0.4 is 9.64 Å². The smallest absolute Gasteiger partial charge is 0.416 e. The highest BCUT2D eigenvalue weighted by atomic mass is 35.5. The maximum Gasteiger partial charge on any atom is 0.416 e. The molecule has 0 bridgehead atoms. The minimum Gasteiger partial charge on any atom is -0.507 e. The lowest BCUT2D eigenvalue weighted by Gasteiger charge is -2.26. The number of amides is 1. The number of alkyl halides is 3. The number of halogens is 6. The van der Waals surface area contributed by atoms with Crippen LogP contribution in [0.3, 0.4) is 0 Å². The van der Waals surface area contributed by atoms with E-state index < -0.39 is 41.0 Å². The molecule has 0 radical (unpaired) electrons. The Bertz CT molecular complexity index is 1360. The van der Waals surface area contributed by atoms with E-state index in [0.29, 0.717) is 0 Å². The van der Waals surface area contributed by atoms with Crippen molar-refractivity contribution in [2.75, 3.05) is 12.0 Å². The third kappa shape index (κ3) is 4.52. The zero-order chi connectivity index (χ0) is 26.4. The van der Waals surface area contributed by atoms with Crippen LogP contribution in [-0.4, -0.2) is 23.9 Å². The SMILES string of the molecule is COc1c(Cl)cc(/C(O)=C2\C(=O)C(=O)N(c3ccc(C(F)(F)F)cc3)C2c2ccc(F)cc2)cc1Cl. The van der Waals surface area contributed by atoms with E-state index in [1.54, 1.807) is 0 Å². The van der Waals surface area contributed by atoms with Gasteiger partial charge in [0.05, 0.1) is 34.3 Å². The minimum absolute atomic E-state index is 0.0108. The van der Waals surface area contributed by atoms with Crippen LogP contribution in [0.1, 0.15) is 22.7 Å². The van der Waals surface area contributed by atoms with Crippen molar-refractivity contribution in [3.63, 3.8) is 0 Å². The highest BCUT2D eigenvalue weighted by Crippen LogP contribution is 2.44. The fourth-order valence-electron chi connectivity index (χ4n) is 3.92. The summed E-state index contributed by atoms with van der Waals surface area (Å²) in [6.07, 6.45) is -4.62. The van der Waals surface area contributed by atoms with E-state index >= 15 is 0 Å². The van der Waals surface area contributed by atoms with Gasteiger partial charge in [0.15, 0.2) is 5.75 Å². The molecule has 0 spiro atoms. The van der Waals surface area contributed by atoms with E-state index in [4.69, 9.17) is 27.9 Å². The van der Waals surface area contributed by atoms with Crippen molar-refractivity contribution >= 4 is 46.3 Å². The van der Waals surface area contributed by atoms with Crippen LogP contribution in [-0.2, 0) is 15.8 Å². The summed E-state index contributed by atoms with van der Waals surface area (Å²) in [6.45, 7) is 0. The molecule has 11 heteroatoms. The van der Waals surface area contributed by atoms with Crippen LogP contribution >= 0.6 is 23.2 Å². The fourth-order valence-corrected chi connectivity index (χ4v) is 4.56. The molecule has 0 aliphatic carbocycles. The number of ether oxygens (including phenoxy) is 1. The molecule has 1 saturated heterocycles. The number of aliphatic hydroxyl groups is 1. The first-order chi connectivity index (χ1) is 16.9. The largest absolute Gasteiger partial charge is 0.507 e. The van der Waals surface area contributed by atoms with E-state index in [2.05, 4.69) is 0 Å². The van der Waals surface area contributed by atoms with Gasteiger partial charge in [-0.1, -0.05) is 35.3 Å². The molecule has 1 fully saturated rings. The molecule has 1 aliphatic rings. The summed E-state index contributed by atoms with van der Waals surface area (Å²) in [7, 11) is 1.33. The number of carbonyl (C=O) groups is 2. The van der Waals surface area contributed by atoms with Crippen LogP contribution in [0.5, 0.6) is 5.75 Å². The van der Waals surface area contributed by atoms with Crippen LogP contribution in [0.15, 0.2) is 66.2 Å². The molecular formula is C25H15Cl2F4NO4. The molecule has 1 atom stereocenters. The lowest BCUT2D eigenvalue weighted by molar-refractivity contribution is -0.137. The zero-order valence-corrected chi connectivity index (χ0v) is 19.7. The van der Waals surface area contributed by atoms with E-state index in [1.165, 1.54) is 31.4 Å². The van der Waals surface area contributed by atoms with Crippen molar-refractivity contribution in [2.24, 2.45) is 0 Å². The summed E-state index contributed by atoms with van der Waals surface area (Å²) < 4.78 is 57.9. The second kappa shape index (κ2) is 9.48. The number of methoxy groups -OCH3 is 1. The molecule has 36 heavy (non-hydrogen) atoms. The maximum absolute atomic E-state index is 13.6. The third-order valence-corrected chi connectivity index (χ3v) is 6.14. The van der Waals surface area contributed by atoms with Gasteiger partial charge in [0, 0.05) is 11.3 Å². The molecule has 1 heterocycles.